The minimum absolute atomic E-state index is 0.157. The summed E-state index contributed by atoms with van der Waals surface area (Å²) < 4.78 is 12.3. The Labute approximate surface area is 155 Å². The van der Waals surface area contributed by atoms with Crippen LogP contribution in [0.25, 0.3) is 0 Å². The number of hydrogen-bond donors (Lipinski definition) is 1. The van der Waals surface area contributed by atoms with Gasteiger partial charge in [-0.05, 0) is 33.7 Å². The number of phenols is 1. The first-order valence-electron chi connectivity index (χ1n) is 7.58. The molecule has 3 aromatic carbocycles. The van der Waals surface area contributed by atoms with E-state index < -0.39 is 0 Å². The van der Waals surface area contributed by atoms with Crippen LogP contribution in [0.3, 0.4) is 0 Å². The van der Waals surface area contributed by atoms with Gasteiger partial charge in [0.05, 0.1) is 3.57 Å². The Morgan fingerprint density at radius 3 is 1.88 bits per heavy atom. The molecule has 0 aromatic heterocycles. The number of aromatic hydroxyl groups is 1. The van der Waals surface area contributed by atoms with Gasteiger partial charge in [-0.3, -0.25) is 0 Å². The summed E-state index contributed by atoms with van der Waals surface area (Å²) in [5, 5.41) is 10.1. The summed E-state index contributed by atoms with van der Waals surface area (Å²) in [6, 6.07) is 23.3. The lowest BCUT2D eigenvalue weighted by molar-refractivity contribution is 0.285. The predicted octanol–water partition coefficient (Wildman–Crippen LogP) is 5.15. The smallest absolute Gasteiger partial charge is 0.140 e. The Bertz CT molecular complexity index is 789. The zero-order chi connectivity index (χ0) is 16.8. The fourth-order valence-corrected chi connectivity index (χ4v) is 2.69. The molecule has 4 heteroatoms. The average molecular weight is 432 g/mol. The summed E-state index contributed by atoms with van der Waals surface area (Å²) in [4.78, 5) is 0. The fraction of sp³-hybridized carbons (Fsp3) is 0.100. The van der Waals surface area contributed by atoms with Gasteiger partial charge in [0.2, 0.25) is 0 Å². The molecular formula is C20H17IO3. The van der Waals surface area contributed by atoms with E-state index in [1.807, 2.05) is 66.7 Å². The van der Waals surface area contributed by atoms with Crippen molar-refractivity contribution in [1.82, 2.24) is 0 Å². The quantitative estimate of drug-likeness (QED) is 0.548. The SMILES string of the molecule is Oc1cc(OCc2ccccc2)cc(OCc2ccccc2)c1I. The summed E-state index contributed by atoms with van der Waals surface area (Å²) >= 11 is 2.07. The van der Waals surface area contributed by atoms with Crippen molar-refractivity contribution >= 4 is 22.6 Å². The fourth-order valence-electron chi connectivity index (χ4n) is 2.22. The summed E-state index contributed by atoms with van der Waals surface area (Å²) in [5.41, 5.74) is 2.14. The van der Waals surface area contributed by atoms with Crippen molar-refractivity contribution in [3.63, 3.8) is 0 Å². The molecule has 0 spiro atoms. The molecule has 24 heavy (non-hydrogen) atoms. The van der Waals surface area contributed by atoms with Crippen molar-refractivity contribution in [3.8, 4) is 17.2 Å². The van der Waals surface area contributed by atoms with E-state index >= 15 is 0 Å². The number of rotatable bonds is 6. The maximum absolute atomic E-state index is 10.1. The molecule has 0 fully saturated rings. The Hall–Kier alpha value is -2.21. The largest absolute Gasteiger partial charge is 0.507 e. The van der Waals surface area contributed by atoms with E-state index in [0.29, 0.717) is 28.3 Å². The second-order valence-corrected chi connectivity index (χ2v) is 6.38. The highest BCUT2D eigenvalue weighted by molar-refractivity contribution is 14.1. The Morgan fingerprint density at radius 2 is 1.29 bits per heavy atom. The van der Waals surface area contributed by atoms with Crippen LogP contribution >= 0.6 is 22.6 Å². The molecule has 0 amide bonds. The van der Waals surface area contributed by atoms with E-state index in [9.17, 15) is 5.11 Å². The van der Waals surface area contributed by atoms with Crippen molar-refractivity contribution in [1.29, 1.82) is 0 Å². The van der Waals surface area contributed by atoms with Gasteiger partial charge in [-0.25, -0.2) is 0 Å². The summed E-state index contributed by atoms with van der Waals surface area (Å²) in [6.45, 7) is 0.886. The first kappa shape index (κ1) is 16.6. The lowest BCUT2D eigenvalue weighted by Crippen LogP contribution is -1.99. The molecule has 3 rings (SSSR count). The van der Waals surface area contributed by atoms with Crippen molar-refractivity contribution < 1.29 is 14.6 Å². The van der Waals surface area contributed by atoms with Gasteiger partial charge < -0.3 is 14.6 Å². The van der Waals surface area contributed by atoms with Crippen LogP contribution in [0.2, 0.25) is 0 Å². The Morgan fingerprint density at radius 1 is 0.750 bits per heavy atom. The normalized spacial score (nSPS) is 10.4. The Balaban J connectivity index is 1.71. The van der Waals surface area contributed by atoms with Gasteiger partial charge in [0.1, 0.15) is 30.5 Å². The minimum atomic E-state index is 0.157. The molecule has 3 nitrogen and oxygen atoms in total. The molecule has 1 N–H and O–H groups in total. The number of halogens is 1. The van der Waals surface area contributed by atoms with Crippen LogP contribution in [-0.2, 0) is 13.2 Å². The zero-order valence-electron chi connectivity index (χ0n) is 13.0. The van der Waals surface area contributed by atoms with Gasteiger partial charge in [0, 0.05) is 12.1 Å². The van der Waals surface area contributed by atoms with E-state index in [0.717, 1.165) is 11.1 Å². The summed E-state index contributed by atoms with van der Waals surface area (Å²) in [5.74, 6) is 1.35. The van der Waals surface area contributed by atoms with E-state index in [4.69, 9.17) is 9.47 Å². The lowest BCUT2D eigenvalue weighted by atomic mass is 10.2. The second kappa shape index (κ2) is 8.06. The first-order valence-corrected chi connectivity index (χ1v) is 8.66. The third-order valence-electron chi connectivity index (χ3n) is 3.48. The topological polar surface area (TPSA) is 38.7 Å². The van der Waals surface area contributed by atoms with Crippen LogP contribution in [-0.4, -0.2) is 5.11 Å². The molecule has 0 saturated heterocycles. The average Bonchev–Trinajstić information content (AvgIpc) is 2.63. The first-order chi connectivity index (χ1) is 11.7. The summed E-state index contributed by atoms with van der Waals surface area (Å²) in [7, 11) is 0. The maximum Gasteiger partial charge on any atom is 0.140 e. The molecule has 0 bridgehead atoms. The monoisotopic (exact) mass is 432 g/mol. The van der Waals surface area contributed by atoms with Crippen molar-refractivity contribution in [2.45, 2.75) is 13.2 Å². The number of hydrogen-bond acceptors (Lipinski definition) is 3. The van der Waals surface area contributed by atoms with E-state index in [-0.39, 0.29) is 5.75 Å². The van der Waals surface area contributed by atoms with Crippen LogP contribution in [0.1, 0.15) is 11.1 Å². The van der Waals surface area contributed by atoms with E-state index in [2.05, 4.69) is 22.6 Å². The zero-order valence-corrected chi connectivity index (χ0v) is 15.1. The van der Waals surface area contributed by atoms with Crippen LogP contribution in [0.4, 0.5) is 0 Å². The molecule has 0 aliphatic rings. The highest BCUT2D eigenvalue weighted by Crippen LogP contribution is 2.35. The number of ether oxygens (including phenoxy) is 2. The highest BCUT2D eigenvalue weighted by Gasteiger charge is 2.10. The molecule has 0 saturated carbocycles. The predicted molar refractivity (Wildman–Crippen MR) is 102 cm³/mol. The minimum Gasteiger partial charge on any atom is -0.507 e. The molecule has 0 radical (unpaired) electrons. The van der Waals surface area contributed by atoms with Crippen molar-refractivity contribution in [2.24, 2.45) is 0 Å². The molecule has 0 heterocycles. The van der Waals surface area contributed by atoms with Gasteiger partial charge in [-0.1, -0.05) is 60.7 Å². The number of benzene rings is 3. The van der Waals surface area contributed by atoms with E-state index in [1.165, 1.54) is 0 Å². The maximum atomic E-state index is 10.1. The third kappa shape index (κ3) is 4.41. The van der Waals surface area contributed by atoms with Crippen molar-refractivity contribution in [3.05, 3.63) is 87.5 Å². The second-order valence-electron chi connectivity index (χ2n) is 5.30. The summed E-state index contributed by atoms with van der Waals surface area (Å²) in [6.07, 6.45) is 0. The van der Waals surface area contributed by atoms with Crippen molar-refractivity contribution in [2.75, 3.05) is 0 Å². The third-order valence-corrected chi connectivity index (χ3v) is 4.56. The molecular weight excluding hydrogens is 415 g/mol. The van der Waals surface area contributed by atoms with Gasteiger partial charge >= 0.3 is 0 Å². The van der Waals surface area contributed by atoms with E-state index in [1.54, 1.807) is 6.07 Å². The van der Waals surface area contributed by atoms with Gasteiger partial charge in [-0.2, -0.15) is 0 Å². The molecule has 122 valence electrons. The molecule has 0 unspecified atom stereocenters. The lowest BCUT2D eigenvalue weighted by Gasteiger charge is -2.13. The van der Waals surface area contributed by atoms with Crippen LogP contribution in [0, 0.1) is 3.57 Å². The van der Waals surface area contributed by atoms with Gasteiger partial charge in [0.25, 0.3) is 0 Å². The van der Waals surface area contributed by atoms with Gasteiger partial charge in [0.15, 0.2) is 0 Å². The van der Waals surface area contributed by atoms with Crippen LogP contribution in [0.5, 0.6) is 17.2 Å². The Kier molecular flexibility index (Phi) is 5.59. The van der Waals surface area contributed by atoms with Gasteiger partial charge in [-0.15, -0.1) is 0 Å². The highest BCUT2D eigenvalue weighted by atomic mass is 127. The molecule has 0 atom stereocenters. The molecule has 0 aliphatic carbocycles. The number of phenolic OH excluding ortho intramolecular Hbond substituents is 1. The molecule has 3 aromatic rings. The van der Waals surface area contributed by atoms with Crippen LogP contribution in [0.15, 0.2) is 72.8 Å². The van der Waals surface area contributed by atoms with Crippen LogP contribution < -0.4 is 9.47 Å². The molecule has 0 aliphatic heterocycles. The standard InChI is InChI=1S/C20H17IO3/c21-20-18(22)11-17(23-13-15-7-3-1-4-8-15)12-19(20)24-14-16-9-5-2-6-10-16/h1-12,22H,13-14H2.